The standard InChI is InChI=1S/C11H9N3S/c12-6-8-2-1-3-10(11(8)13)14-9-4-5-15-7-9/h1-5,7,14H,13H2. The van der Waals surface area contributed by atoms with Gasteiger partial charge in [-0.2, -0.15) is 16.6 Å². The van der Waals surface area contributed by atoms with E-state index in [1.54, 1.807) is 17.4 Å². The van der Waals surface area contributed by atoms with Gasteiger partial charge in [0, 0.05) is 11.1 Å². The van der Waals surface area contributed by atoms with Crippen LogP contribution >= 0.6 is 11.3 Å². The molecule has 0 aliphatic rings. The second kappa shape index (κ2) is 4.03. The molecule has 74 valence electrons. The average Bonchev–Trinajstić information content (AvgIpc) is 2.74. The summed E-state index contributed by atoms with van der Waals surface area (Å²) in [6, 6.07) is 9.38. The molecule has 2 aromatic rings. The van der Waals surface area contributed by atoms with Gasteiger partial charge in [0.25, 0.3) is 0 Å². The Hall–Kier alpha value is -1.99. The minimum Gasteiger partial charge on any atom is -0.396 e. The second-order valence-corrected chi connectivity index (χ2v) is 3.80. The summed E-state index contributed by atoms with van der Waals surface area (Å²) in [5.41, 5.74) is 8.57. The number of para-hydroxylation sites is 1. The van der Waals surface area contributed by atoms with Crippen molar-refractivity contribution in [2.24, 2.45) is 0 Å². The molecule has 4 heteroatoms. The molecule has 0 spiro atoms. The van der Waals surface area contributed by atoms with Crippen LogP contribution in [0, 0.1) is 11.3 Å². The lowest BCUT2D eigenvalue weighted by molar-refractivity contribution is 1.47. The molecule has 1 aromatic carbocycles. The summed E-state index contributed by atoms with van der Waals surface area (Å²) in [4.78, 5) is 0. The minimum atomic E-state index is 0.492. The Bertz CT molecular complexity index is 497. The second-order valence-electron chi connectivity index (χ2n) is 3.02. The molecule has 0 fully saturated rings. The number of rotatable bonds is 2. The number of benzene rings is 1. The van der Waals surface area contributed by atoms with E-state index in [0.29, 0.717) is 11.3 Å². The number of hydrogen-bond acceptors (Lipinski definition) is 4. The van der Waals surface area contributed by atoms with Gasteiger partial charge in [-0.05, 0) is 23.6 Å². The molecule has 0 amide bonds. The van der Waals surface area contributed by atoms with E-state index in [0.717, 1.165) is 11.4 Å². The molecule has 0 radical (unpaired) electrons. The summed E-state index contributed by atoms with van der Waals surface area (Å²) in [7, 11) is 0. The number of thiophene rings is 1. The molecule has 1 aromatic heterocycles. The summed E-state index contributed by atoms with van der Waals surface area (Å²) in [6.07, 6.45) is 0. The fourth-order valence-corrected chi connectivity index (χ4v) is 1.85. The van der Waals surface area contributed by atoms with E-state index < -0.39 is 0 Å². The normalized spacial score (nSPS) is 9.53. The fourth-order valence-electron chi connectivity index (χ4n) is 1.26. The molecule has 0 unspecified atom stereocenters. The maximum atomic E-state index is 8.81. The monoisotopic (exact) mass is 215 g/mol. The summed E-state index contributed by atoms with van der Waals surface area (Å²) in [5.74, 6) is 0. The van der Waals surface area contributed by atoms with Gasteiger partial charge in [0.2, 0.25) is 0 Å². The molecule has 1 heterocycles. The highest BCUT2D eigenvalue weighted by Gasteiger charge is 2.04. The van der Waals surface area contributed by atoms with Crippen LogP contribution in [0.25, 0.3) is 0 Å². The lowest BCUT2D eigenvalue weighted by Crippen LogP contribution is -1.97. The van der Waals surface area contributed by atoms with Gasteiger partial charge < -0.3 is 11.1 Å². The van der Waals surface area contributed by atoms with Crippen molar-refractivity contribution < 1.29 is 0 Å². The number of nitrogen functional groups attached to an aromatic ring is 1. The topological polar surface area (TPSA) is 61.8 Å². The van der Waals surface area contributed by atoms with Crippen LogP contribution in [0.3, 0.4) is 0 Å². The highest BCUT2D eigenvalue weighted by Crippen LogP contribution is 2.26. The predicted molar refractivity (Wildman–Crippen MR) is 63.2 cm³/mol. The molecular formula is C11H9N3S. The molecule has 0 aliphatic carbocycles. The predicted octanol–water partition coefficient (Wildman–Crippen LogP) is 2.95. The van der Waals surface area contributed by atoms with Crippen molar-refractivity contribution in [3.05, 3.63) is 40.6 Å². The average molecular weight is 215 g/mol. The molecule has 2 rings (SSSR count). The largest absolute Gasteiger partial charge is 0.396 e. The van der Waals surface area contributed by atoms with Crippen LogP contribution in [0.5, 0.6) is 0 Å². The van der Waals surface area contributed by atoms with Gasteiger partial charge in [-0.15, -0.1) is 0 Å². The van der Waals surface area contributed by atoms with Crippen LogP contribution in [0.1, 0.15) is 5.56 Å². The number of nitriles is 1. The van der Waals surface area contributed by atoms with Crippen LogP contribution in [-0.2, 0) is 0 Å². The smallest absolute Gasteiger partial charge is 0.101 e. The van der Waals surface area contributed by atoms with Crippen molar-refractivity contribution in [2.45, 2.75) is 0 Å². The molecule has 0 saturated carbocycles. The molecule has 0 aliphatic heterocycles. The number of hydrogen-bond donors (Lipinski definition) is 2. The quantitative estimate of drug-likeness (QED) is 0.757. The van der Waals surface area contributed by atoms with E-state index in [-0.39, 0.29) is 0 Å². The zero-order valence-corrected chi connectivity index (χ0v) is 8.71. The van der Waals surface area contributed by atoms with Crippen LogP contribution in [0.4, 0.5) is 17.1 Å². The highest BCUT2D eigenvalue weighted by atomic mass is 32.1. The van der Waals surface area contributed by atoms with Crippen LogP contribution in [0.2, 0.25) is 0 Å². The van der Waals surface area contributed by atoms with Crippen LogP contribution in [0.15, 0.2) is 35.0 Å². The van der Waals surface area contributed by atoms with Crippen molar-refractivity contribution in [2.75, 3.05) is 11.1 Å². The molecular weight excluding hydrogens is 206 g/mol. The van der Waals surface area contributed by atoms with Crippen molar-refractivity contribution in [3.8, 4) is 6.07 Å². The van der Waals surface area contributed by atoms with E-state index in [1.807, 2.05) is 29.0 Å². The Morgan fingerprint density at radius 1 is 1.33 bits per heavy atom. The van der Waals surface area contributed by atoms with Crippen LogP contribution < -0.4 is 11.1 Å². The molecule has 15 heavy (non-hydrogen) atoms. The maximum Gasteiger partial charge on any atom is 0.101 e. The van der Waals surface area contributed by atoms with Gasteiger partial charge in [0.05, 0.1) is 16.9 Å². The Morgan fingerprint density at radius 2 is 2.20 bits per heavy atom. The van der Waals surface area contributed by atoms with Crippen molar-refractivity contribution in [3.63, 3.8) is 0 Å². The molecule has 3 N–H and O–H groups in total. The SMILES string of the molecule is N#Cc1cccc(Nc2ccsc2)c1N. The zero-order valence-electron chi connectivity index (χ0n) is 7.90. The summed E-state index contributed by atoms with van der Waals surface area (Å²) in [5, 5.41) is 15.9. The Labute approximate surface area is 91.8 Å². The van der Waals surface area contributed by atoms with Crippen molar-refractivity contribution in [1.82, 2.24) is 0 Å². The summed E-state index contributed by atoms with van der Waals surface area (Å²) < 4.78 is 0. The third-order valence-electron chi connectivity index (χ3n) is 2.03. The third kappa shape index (κ3) is 1.92. The van der Waals surface area contributed by atoms with E-state index in [1.165, 1.54) is 0 Å². The van der Waals surface area contributed by atoms with Gasteiger partial charge in [0.1, 0.15) is 6.07 Å². The van der Waals surface area contributed by atoms with E-state index in [9.17, 15) is 0 Å². The highest BCUT2D eigenvalue weighted by molar-refractivity contribution is 7.08. The Kier molecular flexibility index (Phi) is 2.57. The van der Waals surface area contributed by atoms with Crippen molar-refractivity contribution in [1.29, 1.82) is 5.26 Å². The zero-order chi connectivity index (χ0) is 10.7. The lowest BCUT2D eigenvalue weighted by Gasteiger charge is -2.08. The third-order valence-corrected chi connectivity index (χ3v) is 2.71. The first-order chi connectivity index (χ1) is 7.31. The van der Waals surface area contributed by atoms with Gasteiger partial charge in [-0.25, -0.2) is 0 Å². The Balaban J connectivity index is 2.34. The summed E-state index contributed by atoms with van der Waals surface area (Å²) >= 11 is 1.61. The first-order valence-corrected chi connectivity index (χ1v) is 5.33. The van der Waals surface area contributed by atoms with E-state index >= 15 is 0 Å². The number of nitrogens with zero attached hydrogens (tertiary/aromatic N) is 1. The Morgan fingerprint density at radius 3 is 2.87 bits per heavy atom. The molecule has 0 saturated heterocycles. The number of anilines is 3. The van der Waals surface area contributed by atoms with Gasteiger partial charge in [-0.1, -0.05) is 6.07 Å². The fraction of sp³-hybridized carbons (Fsp3) is 0. The van der Waals surface area contributed by atoms with Crippen molar-refractivity contribution >= 4 is 28.4 Å². The minimum absolute atomic E-state index is 0.492. The van der Waals surface area contributed by atoms with E-state index in [4.69, 9.17) is 11.0 Å². The summed E-state index contributed by atoms with van der Waals surface area (Å²) in [6.45, 7) is 0. The molecule has 0 bridgehead atoms. The maximum absolute atomic E-state index is 8.81. The number of nitrogens with two attached hydrogens (primary N) is 1. The van der Waals surface area contributed by atoms with Gasteiger partial charge in [0.15, 0.2) is 0 Å². The van der Waals surface area contributed by atoms with E-state index in [2.05, 4.69) is 11.4 Å². The molecule has 0 atom stereocenters. The van der Waals surface area contributed by atoms with Gasteiger partial charge in [-0.3, -0.25) is 0 Å². The first kappa shape index (κ1) is 9.56. The lowest BCUT2D eigenvalue weighted by atomic mass is 10.1. The first-order valence-electron chi connectivity index (χ1n) is 4.39. The van der Waals surface area contributed by atoms with Gasteiger partial charge >= 0.3 is 0 Å². The van der Waals surface area contributed by atoms with Crippen LogP contribution in [-0.4, -0.2) is 0 Å². The molecule has 3 nitrogen and oxygen atoms in total. The number of nitrogens with one attached hydrogen (secondary N) is 1.